The molecule has 162 valence electrons. The topological polar surface area (TPSA) is 68.8 Å². The molecule has 2 aromatic carbocycles. The van der Waals surface area contributed by atoms with Crippen molar-refractivity contribution in [3.8, 4) is 11.5 Å². The van der Waals surface area contributed by atoms with Crippen molar-refractivity contribution in [2.24, 2.45) is 0 Å². The third kappa shape index (κ3) is 7.93. The normalized spacial score (nSPS) is 10.4. The number of benzene rings is 2. The molecule has 0 bridgehead atoms. The van der Waals surface area contributed by atoms with Crippen molar-refractivity contribution in [1.82, 2.24) is 5.32 Å². The van der Waals surface area contributed by atoms with Gasteiger partial charge in [-0.3, -0.25) is 10.1 Å². The standard InChI is InChI=1S/C22H27BrN2O4S/c1-3-5-12-28-19-11-10-16(23)15-17(19)21(26)25-22(30)24-18-8-6-7-9-20(18)29-14-13-27-4-2/h6-11,15H,3-5,12-14H2,1-2H3,(H2,24,25,26,30). The molecule has 0 atom stereocenters. The maximum atomic E-state index is 12.8. The van der Waals surface area contributed by atoms with Crippen molar-refractivity contribution < 1.29 is 19.0 Å². The van der Waals surface area contributed by atoms with Crippen molar-refractivity contribution in [3.63, 3.8) is 0 Å². The van der Waals surface area contributed by atoms with Gasteiger partial charge >= 0.3 is 0 Å². The number of para-hydroxylation sites is 2. The third-order valence-corrected chi connectivity index (χ3v) is 4.69. The number of carbonyl (C=O) groups is 1. The van der Waals surface area contributed by atoms with Crippen LogP contribution in [0.3, 0.4) is 0 Å². The van der Waals surface area contributed by atoms with Crippen LogP contribution in [0, 0.1) is 0 Å². The molecule has 0 aromatic heterocycles. The van der Waals surface area contributed by atoms with Crippen molar-refractivity contribution >= 4 is 44.9 Å². The lowest BCUT2D eigenvalue weighted by Gasteiger charge is -2.15. The van der Waals surface area contributed by atoms with E-state index in [1.807, 2.05) is 37.3 Å². The average Bonchev–Trinajstić information content (AvgIpc) is 2.73. The van der Waals surface area contributed by atoms with Crippen LogP contribution < -0.4 is 20.1 Å². The molecule has 0 fully saturated rings. The van der Waals surface area contributed by atoms with Gasteiger partial charge < -0.3 is 19.5 Å². The molecule has 2 rings (SSSR count). The average molecular weight is 495 g/mol. The highest BCUT2D eigenvalue weighted by atomic mass is 79.9. The van der Waals surface area contributed by atoms with Gasteiger partial charge in [0, 0.05) is 11.1 Å². The van der Waals surface area contributed by atoms with Crippen molar-refractivity contribution in [3.05, 3.63) is 52.5 Å². The molecule has 0 saturated heterocycles. The zero-order chi connectivity index (χ0) is 21.8. The van der Waals surface area contributed by atoms with Gasteiger partial charge in [0.25, 0.3) is 5.91 Å². The van der Waals surface area contributed by atoms with E-state index in [4.69, 9.17) is 26.4 Å². The quantitative estimate of drug-likeness (QED) is 0.331. The van der Waals surface area contributed by atoms with E-state index in [-0.39, 0.29) is 11.0 Å². The molecule has 0 aliphatic rings. The van der Waals surface area contributed by atoms with Crippen LogP contribution in [0.5, 0.6) is 11.5 Å². The molecule has 2 N–H and O–H groups in total. The highest BCUT2D eigenvalue weighted by molar-refractivity contribution is 9.10. The minimum atomic E-state index is -0.352. The van der Waals surface area contributed by atoms with E-state index in [2.05, 4.69) is 33.5 Å². The van der Waals surface area contributed by atoms with Crippen LogP contribution in [0.1, 0.15) is 37.0 Å². The van der Waals surface area contributed by atoms with Crippen LogP contribution in [0.25, 0.3) is 0 Å². The molecule has 30 heavy (non-hydrogen) atoms. The highest BCUT2D eigenvalue weighted by Gasteiger charge is 2.15. The van der Waals surface area contributed by atoms with E-state index in [1.54, 1.807) is 12.1 Å². The number of hydrogen-bond donors (Lipinski definition) is 2. The Labute approximate surface area is 191 Å². The van der Waals surface area contributed by atoms with Gasteiger partial charge in [0.15, 0.2) is 5.11 Å². The maximum Gasteiger partial charge on any atom is 0.261 e. The molecule has 0 heterocycles. The van der Waals surface area contributed by atoms with Crippen LogP contribution in [0.15, 0.2) is 46.9 Å². The number of ether oxygens (including phenoxy) is 3. The van der Waals surface area contributed by atoms with E-state index < -0.39 is 0 Å². The van der Waals surface area contributed by atoms with Gasteiger partial charge in [0.2, 0.25) is 0 Å². The first kappa shape index (κ1) is 24.1. The molecule has 0 unspecified atom stereocenters. The number of amides is 1. The first-order valence-electron chi connectivity index (χ1n) is 9.89. The van der Waals surface area contributed by atoms with E-state index in [0.717, 1.165) is 17.3 Å². The zero-order valence-corrected chi connectivity index (χ0v) is 19.6. The summed E-state index contributed by atoms with van der Waals surface area (Å²) >= 11 is 8.73. The van der Waals surface area contributed by atoms with Crippen LogP contribution in [0.2, 0.25) is 0 Å². The first-order chi connectivity index (χ1) is 14.5. The van der Waals surface area contributed by atoms with Gasteiger partial charge in [0.05, 0.1) is 24.5 Å². The second-order valence-corrected chi connectivity index (χ2v) is 7.62. The monoisotopic (exact) mass is 494 g/mol. The Balaban J connectivity index is 2.02. The number of hydrogen-bond acceptors (Lipinski definition) is 5. The fourth-order valence-electron chi connectivity index (χ4n) is 2.51. The Morgan fingerprint density at radius 1 is 1.03 bits per heavy atom. The van der Waals surface area contributed by atoms with Gasteiger partial charge in [-0.1, -0.05) is 41.4 Å². The summed E-state index contributed by atoms with van der Waals surface area (Å²) in [7, 11) is 0. The first-order valence-corrected chi connectivity index (χ1v) is 11.1. The minimum absolute atomic E-state index is 0.167. The lowest BCUT2D eigenvalue weighted by atomic mass is 10.2. The van der Waals surface area contributed by atoms with E-state index >= 15 is 0 Å². The summed E-state index contributed by atoms with van der Waals surface area (Å²) < 4.78 is 17.6. The van der Waals surface area contributed by atoms with E-state index in [9.17, 15) is 4.79 Å². The summed E-state index contributed by atoms with van der Waals surface area (Å²) in [5.74, 6) is 0.793. The summed E-state index contributed by atoms with van der Waals surface area (Å²) in [4.78, 5) is 12.8. The largest absolute Gasteiger partial charge is 0.493 e. The lowest BCUT2D eigenvalue weighted by molar-refractivity contribution is 0.0973. The smallest absolute Gasteiger partial charge is 0.261 e. The Morgan fingerprint density at radius 2 is 1.80 bits per heavy atom. The number of carbonyl (C=O) groups excluding carboxylic acids is 1. The maximum absolute atomic E-state index is 12.8. The number of rotatable bonds is 11. The predicted octanol–water partition coefficient (Wildman–Crippen LogP) is 5.17. The van der Waals surface area contributed by atoms with Crippen LogP contribution >= 0.6 is 28.1 Å². The summed E-state index contributed by atoms with van der Waals surface area (Å²) in [6.07, 6.45) is 1.93. The van der Waals surface area contributed by atoms with Gasteiger partial charge in [-0.05, 0) is 55.9 Å². The fraction of sp³-hybridized carbons (Fsp3) is 0.364. The molecule has 8 heteroatoms. The van der Waals surface area contributed by atoms with Crippen molar-refractivity contribution in [2.75, 3.05) is 31.7 Å². The van der Waals surface area contributed by atoms with Gasteiger partial charge in [0.1, 0.15) is 18.1 Å². The summed E-state index contributed by atoms with van der Waals surface area (Å²) in [6, 6.07) is 12.7. The molecule has 0 saturated carbocycles. The molecule has 6 nitrogen and oxygen atoms in total. The number of thiocarbonyl (C=S) groups is 1. The van der Waals surface area contributed by atoms with Gasteiger partial charge in [-0.2, -0.15) is 0 Å². The van der Waals surface area contributed by atoms with Gasteiger partial charge in [-0.25, -0.2) is 0 Å². The third-order valence-electron chi connectivity index (χ3n) is 3.99. The molecule has 2 aromatic rings. The summed E-state index contributed by atoms with van der Waals surface area (Å²) in [5, 5.41) is 5.89. The SMILES string of the molecule is CCCCOc1ccc(Br)cc1C(=O)NC(=S)Nc1ccccc1OCCOCC. The molecule has 0 radical (unpaired) electrons. The number of nitrogens with one attached hydrogen (secondary N) is 2. The van der Waals surface area contributed by atoms with Crippen molar-refractivity contribution in [1.29, 1.82) is 0 Å². The summed E-state index contributed by atoms with van der Waals surface area (Å²) in [6.45, 7) is 6.12. The molecule has 1 amide bonds. The second kappa shape index (κ2) is 13.2. The Bertz CT molecular complexity index is 848. The molecule has 0 aliphatic carbocycles. The molecule has 0 aliphatic heterocycles. The Hall–Kier alpha value is -2.16. The number of anilines is 1. The van der Waals surface area contributed by atoms with Gasteiger partial charge in [-0.15, -0.1) is 0 Å². The summed E-state index contributed by atoms with van der Waals surface area (Å²) in [5.41, 5.74) is 1.07. The Kier molecular flexibility index (Phi) is 10.6. The van der Waals surface area contributed by atoms with Crippen LogP contribution in [0.4, 0.5) is 5.69 Å². The molecular formula is C22H27BrN2O4S. The molecular weight excluding hydrogens is 468 g/mol. The van der Waals surface area contributed by atoms with E-state index in [1.165, 1.54) is 0 Å². The highest BCUT2D eigenvalue weighted by Crippen LogP contribution is 2.25. The Morgan fingerprint density at radius 3 is 2.57 bits per heavy atom. The zero-order valence-electron chi connectivity index (χ0n) is 17.2. The number of unbranched alkanes of at least 4 members (excludes halogenated alkanes) is 1. The predicted molar refractivity (Wildman–Crippen MR) is 127 cm³/mol. The lowest BCUT2D eigenvalue weighted by Crippen LogP contribution is -2.34. The van der Waals surface area contributed by atoms with Crippen molar-refractivity contribution in [2.45, 2.75) is 26.7 Å². The fourth-order valence-corrected chi connectivity index (χ4v) is 3.07. The van der Waals surface area contributed by atoms with E-state index in [0.29, 0.717) is 49.2 Å². The van der Waals surface area contributed by atoms with Crippen LogP contribution in [-0.2, 0) is 4.74 Å². The van der Waals surface area contributed by atoms with Crippen LogP contribution in [-0.4, -0.2) is 37.4 Å². The molecule has 0 spiro atoms. The minimum Gasteiger partial charge on any atom is -0.493 e. The number of halogens is 1. The second-order valence-electron chi connectivity index (χ2n) is 6.29.